The quantitative estimate of drug-likeness (QED) is 0.859. The van der Waals surface area contributed by atoms with Crippen molar-refractivity contribution in [2.45, 2.75) is 31.7 Å². The maximum atomic E-state index is 11.9. The van der Waals surface area contributed by atoms with Gasteiger partial charge in [-0.05, 0) is 31.9 Å². The minimum atomic E-state index is -0.348. The second-order valence-corrected chi connectivity index (χ2v) is 4.45. The summed E-state index contributed by atoms with van der Waals surface area (Å²) >= 11 is 0. The molecule has 0 saturated carbocycles. The first-order valence-electron chi connectivity index (χ1n) is 5.53. The lowest BCUT2D eigenvalue weighted by atomic mass is 9.84. The number of carbonyl (C=O) groups excluding carboxylic acids is 1. The zero-order valence-corrected chi connectivity index (χ0v) is 10.3. The minimum absolute atomic E-state index is 0. The summed E-state index contributed by atoms with van der Waals surface area (Å²) in [6.07, 6.45) is 2.49. The van der Waals surface area contributed by atoms with Crippen molar-refractivity contribution in [1.29, 1.82) is 0 Å². The molecule has 1 aromatic carbocycles. The standard InChI is InChI=1S/C13H17NO.ClH/c1-13(12(15)8-5-9-14-13)10-11-6-3-2-4-7-11;/h2-4,6-7,14H,5,8-10H2,1H3;1H. The Labute approximate surface area is 103 Å². The number of rotatable bonds is 2. The highest BCUT2D eigenvalue weighted by Crippen LogP contribution is 2.20. The predicted molar refractivity (Wildman–Crippen MR) is 68.0 cm³/mol. The van der Waals surface area contributed by atoms with Crippen molar-refractivity contribution in [3.8, 4) is 0 Å². The molecule has 88 valence electrons. The van der Waals surface area contributed by atoms with E-state index in [9.17, 15) is 4.79 Å². The monoisotopic (exact) mass is 239 g/mol. The van der Waals surface area contributed by atoms with Crippen LogP contribution >= 0.6 is 12.4 Å². The molecule has 1 saturated heterocycles. The van der Waals surface area contributed by atoms with Crippen molar-refractivity contribution in [2.24, 2.45) is 0 Å². The van der Waals surface area contributed by atoms with Gasteiger partial charge in [-0.3, -0.25) is 4.79 Å². The second-order valence-electron chi connectivity index (χ2n) is 4.45. The fourth-order valence-electron chi connectivity index (χ4n) is 2.15. The van der Waals surface area contributed by atoms with Gasteiger partial charge in [0.05, 0.1) is 5.54 Å². The van der Waals surface area contributed by atoms with Crippen molar-refractivity contribution in [2.75, 3.05) is 6.54 Å². The highest BCUT2D eigenvalue weighted by Gasteiger charge is 2.34. The summed E-state index contributed by atoms with van der Waals surface area (Å²) in [7, 11) is 0. The van der Waals surface area contributed by atoms with Gasteiger partial charge in [-0.2, -0.15) is 0 Å². The van der Waals surface area contributed by atoms with Crippen LogP contribution in [0.1, 0.15) is 25.3 Å². The van der Waals surface area contributed by atoms with Gasteiger partial charge >= 0.3 is 0 Å². The molecule has 1 atom stereocenters. The summed E-state index contributed by atoms with van der Waals surface area (Å²) in [6.45, 7) is 2.97. The number of ketones is 1. The third-order valence-corrected chi connectivity index (χ3v) is 3.11. The van der Waals surface area contributed by atoms with E-state index in [1.54, 1.807) is 0 Å². The molecule has 1 N–H and O–H groups in total. The molecule has 0 bridgehead atoms. The number of piperidine rings is 1. The Morgan fingerprint density at radius 2 is 2.00 bits per heavy atom. The maximum Gasteiger partial charge on any atom is 0.152 e. The van der Waals surface area contributed by atoms with Crippen LogP contribution in [0.5, 0.6) is 0 Å². The van der Waals surface area contributed by atoms with Crippen LogP contribution in [0.3, 0.4) is 0 Å². The fourth-order valence-corrected chi connectivity index (χ4v) is 2.15. The highest BCUT2D eigenvalue weighted by atomic mass is 35.5. The first kappa shape index (κ1) is 13.2. The number of halogens is 1. The van der Waals surface area contributed by atoms with Crippen molar-refractivity contribution in [3.63, 3.8) is 0 Å². The van der Waals surface area contributed by atoms with Gasteiger partial charge in [0.25, 0.3) is 0 Å². The number of carbonyl (C=O) groups is 1. The Balaban J connectivity index is 0.00000128. The average molecular weight is 240 g/mol. The number of hydrogen-bond donors (Lipinski definition) is 1. The van der Waals surface area contributed by atoms with E-state index in [1.807, 2.05) is 25.1 Å². The molecule has 0 aliphatic carbocycles. The zero-order chi connectivity index (χ0) is 10.7. The molecule has 0 radical (unpaired) electrons. The molecule has 1 aromatic rings. The maximum absolute atomic E-state index is 11.9. The van der Waals surface area contributed by atoms with Crippen LogP contribution in [0.25, 0.3) is 0 Å². The van der Waals surface area contributed by atoms with Crippen molar-refractivity contribution in [3.05, 3.63) is 35.9 Å². The molecular weight excluding hydrogens is 222 g/mol. The normalized spacial score (nSPS) is 24.9. The van der Waals surface area contributed by atoms with Crippen LogP contribution < -0.4 is 5.32 Å². The Morgan fingerprint density at radius 3 is 2.62 bits per heavy atom. The van der Waals surface area contributed by atoms with E-state index in [0.29, 0.717) is 5.78 Å². The van der Waals surface area contributed by atoms with E-state index in [-0.39, 0.29) is 17.9 Å². The SMILES string of the molecule is CC1(Cc2ccccc2)NCCCC1=O.Cl. The molecule has 0 spiro atoms. The third-order valence-electron chi connectivity index (χ3n) is 3.11. The molecular formula is C13H18ClNO. The van der Waals surface area contributed by atoms with E-state index in [4.69, 9.17) is 0 Å². The van der Waals surface area contributed by atoms with Gasteiger partial charge in [0, 0.05) is 6.42 Å². The van der Waals surface area contributed by atoms with Crippen LogP contribution in [-0.2, 0) is 11.2 Å². The number of nitrogens with one attached hydrogen (secondary N) is 1. The van der Waals surface area contributed by atoms with Crippen LogP contribution in [0.2, 0.25) is 0 Å². The molecule has 3 heteroatoms. The Morgan fingerprint density at radius 1 is 1.31 bits per heavy atom. The molecule has 2 nitrogen and oxygen atoms in total. The van der Waals surface area contributed by atoms with Gasteiger partial charge in [0.2, 0.25) is 0 Å². The van der Waals surface area contributed by atoms with Crippen LogP contribution in [0, 0.1) is 0 Å². The highest BCUT2D eigenvalue weighted by molar-refractivity contribution is 5.89. The molecule has 16 heavy (non-hydrogen) atoms. The summed E-state index contributed by atoms with van der Waals surface area (Å²) in [5.41, 5.74) is 0.877. The molecule has 1 fully saturated rings. The Hall–Kier alpha value is -0.860. The topological polar surface area (TPSA) is 29.1 Å². The lowest BCUT2D eigenvalue weighted by Crippen LogP contribution is -2.54. The number of Topliss-reactive ketones (excluding diaryl/α,β-unsaturated/α-hetero) is 1. The number of hydrogen-bond acceptors (Lipinski definition) is 2. The predicted octanol–water partition coefficient (Wildman–Crippen LogP) is 2.36. The van der Waals surface area contributed by atoms with Crippen LogP contribution in [0.15, 0.2) is 30.3 Å². The van der Waals surface area contributed by atoms with Crippen LogP contribution in [0.4, 0.5) is 0 Å². The first-order chi connectivity index (χ1) is 7.21. The Kier molecular flexibility index (Phi) is 4.51. The largest absolute Gasteiger partial charge is 0.305 e. The van der Waals surface area contributed by atoms with Crippen molar-refractivity contribution >= 4 is 18.2 Å². The molecule has 2 rings (SSSR count). The lowest BCUT2D eigenvalue weighted by molar-refractivity contribution is -0.126. The van der Waals surface area contributed by atoms with E-state index in [2.05, 4.69) is 17.4 Å². The molecule has 1 aliphatic heterocycles. The lowest BCUT2D eigenvalue weighted by Gasteiger charge is -2.33. The van der Waals surface area contributed by atoms with Gasteiger partial charge in [0.1, 0.15) is 0 Å². The molecule has 1 heterocycles. The molecule has 0 amide bonds. The summed E-state index contributed by atoms with van der Waals surface area (Å²) in [6, 6.07) is 10.2. The van der Waals surface area contributed by atoms with E-state index < -0.39 is 0 Å². The number of benzene rings is 1. The average Bonchev–Trinajstić information content (AvgIpc) is 2.24. The van der Waals surface area contributed by atoms with Gasteiger partial charge in [-0.1, -0.05) is 30.3 Å². The molecule has 1 aliphatic rings. The molecule has 0 aromatic heterocycles. The summed E-state index contributed by atoms with van der Waals surface area (Å²) in [4.78, 5) is 11.9. The smallest absolute Gasteiger partial charge is 0.152 e. The second kappa shape index (κ2) is 5.46. The van der Waals surface area contributed by atoms with E-state index in [1.165, 1.54) is 5.56 Å². The van der Waals surface area contributed by atoms with Gasteiger partial charge in [-0.15, -0.1) is 12.4 Å². The van der Waals surface area contributed by atoms with E-state index in [0.717, 1.165) is 25.8 Å². The van der Waals surface area contributed by atoms with Crippen molar-refractivity contribution in [1.82, 2.24) is 5.32 Å². The van der Waals surface area contributed by atoms with Gasteiger partial charge in [0.15, 0.2) is 5.78 Å². The van der Waals surface area contributed by atoms with Crippen LogP contribution in [-0.4, -0.2) is 17.9 Å². The van der Waals surface area contributed by atoms with Gasteiger partial charge < -0.3 is 5.32 Å². The molecule has 1 unspecified atom stereocenters. The zero-order valence-electron chi connectivity index (χ0n) is 9.53. The fraction of sp³-hybridized carbons (Fsp3) is 0.462. The van der Waals surface area contributed by atoms with Crippen molar-refractivity contribution < 1.29 is 4.79 Å². The third kappa shape index (κ3) is 2.83. The summed E-state index contributed by atoms with van der Waals surface area (Å²) in [5, 5.41) is 3.34. The first-order valence-corrected chi connectivity index (χ1v) is 5.53. The van der Waals surface area contributed by atoms with Gasteiger partial charge in [-0.25, -0.2) is 0 Å². The Bertz CT molecular complexity index is 352. The minimum Gasteiger partial charge on any atom is -0.305 e. The van der Waals surface area contributed by atoms with E-state index >= 15 is 0 Å². The summed E-state index contributed by atoms with van der Waals surface area (Å²) < 4.78 is 0. The summed E-state index contributed by atoms with van der Waals surface area (Å²) in [5.74, 6) is 0.345.